The van der Waals surface area contributed by atoms with Crippen LogP contribution in [0.4, 0.5) is 5.69 Å². The van der Waals surface area contributed by atoms with Crippen LogP contribution in [0.25, 0.3) is 11.6 Å². The number of carbonyl (C=O) groups excluding carboxylic acids is 2. The molecule has 12 heteroatoms. The van der Waals surface area contributed by atoms with Crippen molar-refractivity contribution in [2.45, 2.75) is 51.2 Å². The van der Waals surface area contributed by atoms with Gasteiger partial charge >= 0.3 is 7.12 Å². The molecule has 5 N–H and O–H groups in total. The SMILES string of the molecule is CC(C)(C)[Si](OCC1=C([C@H](O)CC/C(=C/c2cccc(O)c2)c2ccccn2)[C@H](CO)[C@@H]2C(=O)N(c3cccc(B(O)O)c3)C(=O)[C@@H]2C1)(c1ccccc1)c1ccccc1. The Bertz CT molecular complexity index is 2330. The number of allylic oxidation sites excluding steroid dienone is 1. The van der Waals surface area contributed by atoms with E-state index >= 15 is 0 Å². The van der Waals surface area contributed by atoms with E-state index in [9.17, 15) is 35.0 Å². The summed E-state index contributed by atoms with van der Waals surface area (Å²) in [4.78, 5) is 34.6. The highest BCUT2D eigenvalue weighted by Crippen LogP contribution is 2.48. The number of hydrogen-bond donors (Lipinski definition) is 5. The number of carbonyl (C=O) groups is 2. The number of hydrogen-bond acceptors (Lipinski definition) is 9. The topological polar surface area (TPSA) is 161 Å². The Balaban J connectivity index is 1.32. The van der Waals surface area contributed by atoms with Crippen LogP contribution in [0.1, 0.15) is 51.3 Å². The highest BCUT2D eigenvalue weighted by molar-refractivity contribution is 6.99. The highest BCUT2D eigenvalue weighted by Gasteiger charge is 2.56. The molecule has 0 saturated carbocycles. The summed E-state index contributed by atoms with van der Waals surface area (Å²) < 4.78 is 7.41. The smallest absolute Gasteiger partial charge is 0.488 e. The van der Waals surface area contributed by atoms with Gasteiger partial charge in [0.1, 0.15) is 5.75 Å². The third-order valence-electron chi connectivity index (χ3n) is 11.9. The summed E-state index contributed by atoms with van der Waals surface area (Å²) in [5.41, 5.74) is 3.73. The Morgan fingerprint density at radius 3 is 2.15 bits per heavy atom. The molecule has 0 radical (unpaired) electrons. The number of nitrogens with zero attached hydrogens (tertiary/aromatic N) is 2. The van der Waals surface area contributed by atoms with Crippen molar-refractivity contribution in [1.82, 2.24) is 4.98 Å². The van der Waals surface area contributed by atoms with E-state index in [-0.39, 0.29) is 41.4 Å². The molecular formula is C48H51BN2O8Si. The summed E-state index contributed by atoms with van der Waals surface area (Å²) >= 11 is 0. The number of fused-ring (bicyclic) bond motifs is 1. The Morgan fingerprint density at radius 1 is 0.883 bits per heavy atom. The number of pyridine rings is 1. The van der Waals surface area contributed by atoms with E-state index in [1.165, 1.54) is 12.1 Å². The van der Waals surface area contributed by atoms with Crippen molar-refractivity contribution in [1.29, 1.82) is 0 Å². The summed E-state index contributed by atoms with van der Waals surface area (Å²) in [5.74, 6) is -3.63. The number of rotatable bonds is 14. The number of amides is 2. The summed E-state index contributed by atoms with van der Waals surface area (Å²) in [6.45, 7) is 6.04. The van der Waals surface area contributed by atoms with E-state index in [4.69, 9.17) is 4.43 Å². The molecule has 10 nitrogen and oxygen atoms in total. The summed E-state index contributed by atoms with van der Waals surface area (Å²) in [6, 6.07) is 38.8. The van der Waals surface area contributed by atoms with Gasteiger partial charge in [-0.3, -0.25) is 19.5 Å². The van der Waals surface area contributed by atoms with Crippen molar-refractivity contribution in [3.63, 3.8) is 0 Å². The lowest BCUT2D eigenvalue weighted by molar-refractivity contribution is -0.123. The molecule has 1 fully saturated rings. The number of anilines is 1. The summed E-state index contributed by atoms with van der Waals surface area (Å²) in [5, 5.41) is 55.5. The number of phenolic OH excluding ortho intramolecular Hbond substituents is 1. The number of benzene rings is 4. The first kappa shape index (κ1) is 42.6. The standard InChI is InChI=1S/C48H51BN2O8Si/c1-48(2,3)60(38-18-6-4-7-19-38,39-20-8-5-9-21-39)59-31-34-28-40-45(47(56)51(46(40)55)36-16-13-15-35(29-36)49(57)58)41(30-52)44(34)43(54)24-23-33(42-22-10-11-25-50-42)26-32-14-12-17-37(53)27-32/h4-22,25-27,29,40-41,43,45,52-54,57-58H,23-24,28,30-31H2,1-3H3/b33-26-/t40-,41+,43-,45-/m1/s1. The number of aromatic hydroxyl groups is 1. The Hall–Kier alpha value is -5.47. The maximum absolute atomic E-state index is 14.5. The Kier molecular flexibility index (Phi) is 12.8. The Morgan fingerprint density at radius 2 is 1.55 bits per heavy atom. The predicted octanol–water partition coefficient (Wildman–Crippen LogP) is 4.84. The van der Waals surface area contributed by atoms with Gasteiger partial charge in [0, 0.05) is 12.1 Å². The zero-order valence-electron chi connectivity index (χ0n) is 34.1. The zero-order valence-corrected chi connectivity index (χ0v) is 35.1. The van der Waals surface area contributed by atoms with Gasteiger partial charge in [-0.25, -0.2) is 0 Å². The van der Waals surface area contributed by atoms with Crippen molar-refractivity contribution in [3.8, 4) is 5.75 Å². The van der Waals surface area contributed by atoms with Crippen LogP contribution in [0, 0.1) is 17.8 Å². The second kappa shape index (κ2) is 18.0. The summed E-state index contributed by atoms with van der Waals surface area (Å²) in [7, 11) is -4.94. The van der Waals surface area contributed by atoms with Crippen LogP contribution in [0.3, 0.4) is 0 Å². The van der Waals surface area contributed by atoms with Crippen LogP contribution in [-0.2, 0) is 14.0 Å². The lowest BCUT2D eigenvalue weighted by Gasteiger charge is -2.44. The quantitative estimate of drug-likeness (QED) is 0.0601. The van der Waals surface area contributed by atoms with Crippen LogP contribution >= 0.6 is 0 Å². The molecule has 7 rings (SSSR count). The van der Waals surface area contributed by atoms with E-state index in [0.29, 0.717) is 23.3 Å². The lowest BCUT2D eigenvalue weighted by atomic mass is 9.68. The first-order valence-corrected chi connectivity index (χ1v) is 22.3. The van der Waals surface area contributed by atoms with E-state index in [2.05, 4.69) is 50.0 Å². The third kappa shape index (κ3) is 8.44. The average Bonchev–Trinajstić information content (AvgIpc) is 3.50. The Labute approximate surface area is 352 Å². The average molecular weight is 823 g/mol. The molecule has 1 aromatic heterocycles. The number of aliphatic hydroxyl groups is 2. The molecule has 0 bridgehead atoms. The number of aliphatic hydroxyl groups excluding tert-OH is 2. The van der Waals surface area contributed by atoms with Gasteiger partial charge in [0.2, 0.25) is 11.8 Å². The minimum Gasteiger partial charge on any atom is -0.508 e. The third-order valence-corrected chi connectivity index (χ3v) is 16.9. The molecule has 1 aliphatic carbocycles. The molecule has 5 aromatic rings. The van der Waals surface area contributed by atoms with Crippen LogP contribution in [0.2, 0.25) is 5.04 Å². The van der Waals surface area contributed by atoms with Crippen LogP contribution < -0.4 is 20.7 Å². The lowest BCUT2D eigenvalue weighted by Crippen LogP contribution is -2.66. The second-order valence-corrected chi connectivity index (χ2v) is 21.0. The minimum atomic E-state index is -3.13. The van der Waals surface area contributed by atoms with Crippen molar-refractivity contribution >= 4 is 60.4 Å². The van der Waals surface area contributed by atoms with E-state index < -0.39 is 57.7 Å². The first-order valence-electron chi connectivity index (χ1n) is 20.3. The fourth-order valence-electron chi connectivity index (χ4n) is 9.22. The number of phenols is 1. The molecule has 0 unspecified atom stereocenters. The van der Waals surface area contributed by atoms with Gasteiger partial charge in [-0.2, -0.15) is 0 Å². The molecule has 2 amide bonds. The maximum atomic E-state index is 14.5. The maximum Gasteiger partial charge on any atom is 0.488 e. The van der Waals surface area contributed by atoms with Gasteiger partial charge in [0.05, 0.1) is 42.5 Å². The van der Waals surface area contributed by atoms with Gasteiger partial charge in [0.15, 0.2) is 0 Å². The number of imide groups is 1. The van der Waals surface area contributed by atoms with Crippen LogP contribution in [-0.4, -0.2) is 76.9 Å². The van der Waals surface area contributed by atoms with Gasteiger partial charge in [-0.05, 0) is 105 Å². The fraction of sp³-hybridized carbons (Fsp3) is 0.271. The van der Waals surface area contributed by atoms with E-state index in [1.54, 1.807) is 36.5 Å². The normalized spacial score (nSPS) is 19.1. The molecule has 1 aliphatic heterocycles. The van der Waals surface area contributed by atoms with Gasteiger partial charge < -0.3 is 29.8 Å². The van der Waals surface area contributed by atoms with Crippen LogP contribution in [0.5, 0.6) is 5.75 Å². The number of aromatic nitrogens is 1. The monoisotopic (exact) mass is 822 g/mol. The second-order valence-electron chi connectivity index (χ2n) is 16.7. The molecule has 4 aromatic carbocycles. The van der Waals surface area contributed by atoms with Gasteiger partial charge in [-0.15, -0.1) is 0 Å². The molecule has 2 aliphatic rings. The van der Waals surface area contributed by atoms with Crippen molar-refractivity contribution in [3.05, 3.63) is 156 Å². The van der Waals surface area contributed by atoms with E-state index in [0.717, 1.165) is 26.4 Å². The minimum absolute atomic E-state index is 0.0410. The van der Waals surface area contributed by atoms with Crippen LogP contribution in [0.15, 0.2) is 145 Å². The van der Waals surface area contributed by atoms with Gasteiger partial charge in [-0.1, -0.05) is 112 Å². The molecule has 60 heavy (non-hydrogen) atoms. The molecule has 4 atom stereocenters. The predicted molar refractivity (Wildman–Crippen MR) is 237 cm³/mol. The summed E-state index contributed by atoms with van der Waals surface area (Å²) in [6.07, 6.45) is 3.12. The highest BCUT2D eigenvalue weighted by atomic mass is 28.4. The van der Waals surface area contributed by atoms with Crippen molar-refractivity contribution < 1.29 is 39.4 Å². The molecule has 1 saturated heterocycles. The molecule has 2 heterocycles. The van der Waals surface area contributed by atoms with Gasteiger partial charge in [0.25, 0.3) is 8.32 Å². The molecular weight excluding hydrogens is 771 g/mol. The van der Waals surface area contributed by atoms with Crippen molar-refractivity contribution in [2.24, 2.45) is 17.8 Å². The first-order chi connectivity index (χ1) is 28.8. The molecule has 308 valence electrons. The van der Waals surface area contributed by atoms with Crippen molar-refractivity contribution in [2.75, 3.05) is 18.1 Å². The molecule has 0 spiro atoms. The zero-order chi connectivity index (χ0) is 42.6. The fourth-order valence-corrected chi connectivity index (χ4v) is 13.8. The van der Waals surface area contributed by atoms with E-state index in [1.807, 2.05) is 66.7 Å². The largest absolute Gasteiger partial charge is 0.508 e.